The van der Waals surface area contributed by atoms with Crippen molar-refractivity contribution < 1.29 is 80.2 Å². The number of anilines is 2. The number of rotatable bonds is 17. The summed E-state index contributed by atoms with van der Waals surface area (Å²) in [7, 11) is 0. The van der Waals surface area contributed by atoms with Crippen LogP contribution in [0, 0.1) is 0 Å². The van der Waals surface area contributed by atoms with Crippen molar-refractivity contribution in [3.63, 3.8) is 0 Å². The topological polar surface area (TPSA) is 249 Å². The number of alkyl halides is 6. The molecule has 0 saturated carbocycles. The monoisotopic (exact) mass is 880 g/mol. The maximum absolute atomic E-state index is 13.4. The van der Waals surface area contributed by atoms with E-state index < -0.39 is 116 Å². The van der Waals surface area contributed by atoms with Gasteiger partial charge in [0.25, 0.3) is 0 Å². The molecule has 2 aromatic rings. The van der Waals surface area contributed by atoms with Gasteiger partial charge in [-0.05, 0) is 49.2 Å². The third-order valence-corrected chi connectivity index (χ3v) is 9.74. The summed E-state index contributed by atoms with van der Waals surface area (Å²) in [5.41, 5.74) is -2.76. The zero-order valence-electron chi connectivity index (χ0n) is 32.8. The van der Waals surface area contributed by atoms with Crippen LogP contribution in [0.4, 0.5) is 47.3 Å². The molecule has 4 rings (SSSR count). The van der Waals surface area contributed by atoms with Crippen molar-refractivity contribution in [2.24, 2.45) is 0 Å². The number of halogens is 6. The predicted molar refractivity (Wildman–Crippen MR) is 203 cm³/mol. The van der Waals surface area contributed by atoms with Gasteiger partial charge in [-0.2, -0.15) is 26.3 Å². The normalized spacial score (nSPS) is 25.5. The summed E-state index contributed by atoms with van der Waals surface area (Å²) in [6, 6.07) is 0.394. The number of aliphatic hydroxyl groups is 4. The van der Waals surface area contributed by atoms with Crippen LogP contribution < -0.4 is 31.9 Å². The molecule has 2 saturated heterocycles. The van der Waals surface area contributed by atoms with E-state index in [0.717, 1.165) is 43.2 Å². The number of benzene rings is 2. The number of nitrogens with one attached hydrogen (secondary N) is 6. The van der Waals surface area contributed by atoms with E-state index in [1.165, 1.54) is 6.07 Å². The summed E-state index contributed by atoms with van der Waals surface area (Å²) >= 11 is 0. The van der Waals surface area contributed by atoms with Gasteiger partial charge in [0.2, 0.25) is 11.8 Å². The number of ether oxygens (including phenoxy) is 3. The van der Waals surface area contributed by atoms with Crippen LogP contribution in [0.3, 0.4) is 0 Å². The van der Waals surface area contributed by atoms with Crippen LogP contribution in [0.5, 0.6) is 0 Å². The molecule has 2 aliphatic rings. The summed E-state index contributed by atoms with van der Waals surface area (Å²) in [6.07, 6.45) is -16.9. The Morgan fingerprint density at radius 1 is 0.738 bits per heavy atom. The van der Waals surface area contributed by atoms with Crippen molar-refractivity contribution in [3.8, 4) is 0 Å². The number of aliphatic hydroxyl groups excluding tert-OH is 4. The molecule has 61 heavy (non-hydrogen) atoms. The van der Waals surface area contributed by atoms with E-state index in [1.807, 2.05) is 6.92 Å². The third kappa shape index (κ3) is 14.4. The smallest absolute Gasteiger partial charge is 0.394 e. The lowest BCUT2D eigenvalue weighted by atomic mass is 9.93. The zero-order valence-corrected chi connectivity index (χ0v) is 32.8. The molecule has 9 atom stereocenters. The fourth-order valence-electron chi connectivity index (χ4n) is 6.60. The molecule has 0 aliphatic carbocycles. The van der Waals surface area contributed by atoms with E-state index in [0.29, 0.717) is 25.0 Å². The third-order valence-electron chi connectivity index (χ3n) is 9.74. The number of unbranched alkanes of at least 4 members (excludes halogenated alkanes) is 2. The molecular formula is C38H50F6N6O11. The van der Waals surface area contributed by atoms with Crippen LogP contribution in [0.1, 0.15) is 56.6 Å². The van der Waals surface area contributed by atoms with Gasteiger partial charge in [0, 0.05) is 30.8 Å². The highest BCUT2D eigenvalue weighted by molar-refractivity contribution is 5.90. The van der Waals surface area contributed by atoms with Crippen LogP contribution in [0.15, 0.2) is 48.5 Å². The Kier molecular flexibility index (Phi) is 17.9. The van der Waals surface area contributed by atoms with Gasteiger partial charge in [-0.25, -0.2) is 9.59 Å². The van der Waals surface area contributed by atoms with E-state index in [4.69, 9.17) is 14.2 Å². The largest absolute Gasteiger partial charge is 0.416 e. The minimum Gasteiger partial charge on any atom is -0.394 e. The Hall–Kier alpha value is -4.78. The lowest BCUT2D eigenvalue weighted by molar-refractivity contribution is -0.293. The lowest BCUT2D eigenvalue weighted by Gasteiger charge is -2.47. The van der Waals surface area contributed by atoms with Gasteiger partial charge in [-0.3, -0.25) is 9.59 Å². The highest BCUT2D eigenvalue weighted by Gasteiger charge is 2.50. The molecule has 6 unspecified atom stereocenters. The zero-order chi connectivity index (χ0) is 44.9. The van der Waals surface area contributed by atoms with Crippen LogP contribution in [0.25, 0.3) is 0 Å². The number of carbonyl (C=O) groups is 4. The van der Waals surface area contributed by atoms with Gasteiger partial charge < -0.3 is 66.5 Å². The number of amides is 6. The molecule has 23 heteroatoms. The maximum atomic E-state index is 13.4. The van der Waals surface area contributed by atoms with Gasteiger partial charge in [0.15, 0.2) is 6.29 Å². The fraction of sp³-hybridized carbons (Fsp3) is 0.579. The quantitative estimate of drug-likeness (QED) is 0.0818. The molecule has 17 nitrogen and oxygen atoms in total. The number of urea groups is 2. The Labute approximate surface area is 345 Å². The molecule has 0 bridgehead atoms. The number of hydrogen-bond acceptors (Lipinski definition) is 11. The standard InChI is InChI=1S/C38H50F6N6O11/c1-2-3-4-12-27(53)45-14-7-13-28(54)49-29-25(17-51)59-19-24(48-35(57)46-22-10-5-8-20(15-22)37(39,40)41)33(29)61-34-30(32(56)31(55)26(18-52)60-34)50-36(58)47-23-11-6-9-21(16-23)38(42,43)44/h5-6,8-11,15-16,24-26,29-34,51-52,55-56H,2-4,7,12-14,17-19H2,1H3,(H,45,53)(H,49,54)(H2,46,48,57)(H2,47,50,58)/t24?,25?,26?,29-,30?,31+,32?,33?,34-/m0/s1. The van der Waals surface area contributed by atoms with Gasteiger partial charge in [0.05, 0.1) is 43.0 Å². The minimum atomic E-state index is -4.76. The first kappa shape index (κ1) is 48.9. The summed E-state index contributed by atoms with van der Waals surface area (Å²) in [5, 5.41) is 56.7. The second kappa shape index (κ2) is 22.4. The molecule has 340 valence electrons. The van der Waals surface area contributed by atoms with E-state index in [-0.39, 0.29) is 36.7 Å². The van der Waals surface area contributed by atoms with Crippen LogP contribution in [0.2, 0.25) is 0 Å². The highest BCUT2D eigenvalue weighted by atomic mass is 19.4. The molecule has 0 aromatic heterocycles. The average molecular weight is 881 g/mol. The first-order chi connectivity index (χ1) is 28.8. The van der Waals surface area contributed by atoms with Crippen LogP contribution in [-0.2, 0) is 36.2 Å². The van der Waals surface area contributed by atoms with Crippen molar-refractivity contribution >= 4 is 35.3 Å². The van der Waals surface area contributed by atoms with Crippen molar-refractivity contribution in [2.45, 2.75) is 113 Å². The molecular weight excluding hydrogens is 830 g/mol. The van der Waals surface area contributed by atoms with E-state index in [1.54, 1.807) is 0 Å². The Bertz CT molecular complexity index is 1780. The van der Waals surface area contributed by atoms with Crippen molar-refractivity contribution in [2.75, 3.05) is 37.0 Å². The molecule has 6 amide bonds. The molecule has 2 aromatic carbocycles. The van der Waals surface area contributed by atoms with E-state index >= 15 is 0 Å². The summed E-state index contributed by atoms with van der Waals surface area (Å²) in [4.78, 5) is 51.9. The van der Waals surface area contributed by atoms with E-state index in [9.17, 15) is 65.9 Å². The first-order valence-corrected chi connectivity index (χ1v) is 19.4. The van der Waals surface area contributed by atoms with Gasteiger partial charge in [-0.15, -0.1) is 0 Å². The molecule has 0 radical (unpaired) electrons. The lowest BCUT2D eigenvalue weighted by Crippen LogP contribution is -2.70. The van der Waals surface area contributed by atoms with Gasteiger partial charge in [-0.1, -0.05) is 31.9 Å². The van der Waals surface area contributed by atoms with Gasteiger partial charge >= 0.3 is 24.4 Å². The van der Waals surface area contributed by atoms with E-state index in [2.05, 4.69) is 31.9 Å². The second-order valence-corrected chi connectivity index (χ2v) is 14.4. The molecule has 0 spiro atoms. The summed E-state index contributed by atoms with van der Waals surface area (Å²) < 4.78 is 97.8. The average Bonchev–Trinajstić information content (AvgIpc) is 3.20. The summed E-state index contributed by atoms with van der Waals surface area (Å²) in [6.45, 7) is -0.0169. The highest BCUT2D eigenvalue weighted by Crippen LogP contribution is 2.32. The molecule has 2 heterocycles. The SMILES string of the molecule is CCCCCC(=O)NCCCC(=O)N[C@H]1C(CO)OCC(NC(=O)Nc2cccc(C(F)(F)F)c2)C1O[C@@H]1OC(CO)[C@@H](O)C(O)C1NC(=O)Nc1cccc(C(F)(F)F)c1. The van der Waals surface area contributed by atoms with Crippen molar-refractivity contribution in [1.29, 1.82) is 0 Å². The van der Waals surface area contributed by atoms with Crippen LogP contribution in [-0.4, -0.2) is 126 Å². The van der Waals surface area contributed by atoms with Gasteiger partial charge in [0.1, 0.15) is 36.6 Å². The Morgan fingerprint density at radius 3 is 1.87 bits per heavy atom. The van der Waals surface area contributed by atoms with Crippen LogP contribution >= 0.6 is 0 Å². The molecule has 2 aliphatic heterocycles. The number of carbonyl (C=O) groups excluding carboxylic acids is 4. The van der Waals surface area contributed by atoms with Crippen molar-refractivity contribution in [3.05, 3.63) is 59.7 Å². The minimum absolute atomic E-state index is 0.136. The van der Waals surface area contributed by atoms with Crippen molar-refractivity contribution in [1.82, 2.24) is 21.3 Å². The Morgan fingerprint density at radius 2 is 1.31 bits per heavy atom. The first-order valence-electron chi connectivity index (χ1n) is 19.4. The molecule has 10 N–H and O–H groups in total. The number of hydrogen-bond donors (Lipinski definition) is 10. The second-order valence-electron chi connectivity index (χ2n) is 14.4. The summed E-state index contributed by atoms with van der Waals surface area (Å²) in [5.74, 6) is -0.855. The predicted octanol–water partition coefficient (Wildman–Crippen LogP) is 2.58. The fourth-order valence-corrected chi connectivity index (χ4v) is 6.60. The Balaban J connectivity index is 1.60. The molecule has 2 fully saturated rings. The maximum Gasteiger partial charge on any atom is 0.416 e.